The van der Waals surface area contributed by atoms with Crippen LogP contribution in [-0.4, -0.2) is 35.3 Å². The maximum absolute atomic E-state index is 12.1. The number of likely N-dealkylation sites (tertiary alicyclic amines) is 1. The summed E-state index contributed by atoms with van der Waals surface area (Å²) in [5.74, 6) is 0.648. The number of nitrogens with zero attached hydrogens (tertiary/aromatic N) is 1. The van der Waals surface area contributed by atoms with Gasteiger partial charge in [-0.15, -0.1) is 11.8 Å². The van der Waals surface area contributed by atoms with Crippen molar-refractivity contribution in [3.05, 3.63) is 30.3 Å². The van der Waals surface area contributed by atoms with Crippen LogP contribution in [0.5, 0.6) is 0 Å². The highest BCUT2D eigenvalue weighted by molar-refractivity contribution is 8.01. The van der Waals surface area contributed by atoms with Gasteiger partial charge in [0, 0.05) is 29.3 Å². The van der Waals surface area contributed by atoms with Gasteiger partial charge in [0.2, 0.25) is 0 Å². The zero-order valence-corrected chi connectivity index (χ0v) is 12.8. The molecule has 0 bridgehead atoms. The monoisotopic (exact) mass is 290 g/mol. The Morgan fingerprint density at radius 2 is 2.15 bits per heavy atom. The largest absolute Gasteiger partial charge is 0.337 e. The highest BCUT2D eigenvalue weighted by Crippen LogP contribution is 2.51. The molecule has 1 aromatic rings. The Hall–Kier alpha value is -1.16. The fraction of sp³-hybridized carbons (Fsp3) is 0.562. The molecule has 20 heavy (non-hydrogen) atoms. The van der Waals surface area contributed by atoms with Crippen molar-refractivity contribution in [3.8, 4) is 0 Å². The zero-order valence-electron chi connectivity index (χ0n) is 12.0. The van der Waals surface area contributed by atoms with Crippen molar-refractivity contribution in [2.24, 2.45) is 5.92 Å². The third-order valence-electron chi connectivity index (χ3n) is 4.16. The molecule has 0 spiro atoms. The molecule has 0 radical (unpaired) electrons. The molecule has 108 valence electrons. The third-order valence-corrected chi connectivity index (χ3v) is 5.65. The highest BCUT2D eigenvalue weighted by Gasteiger charge is 2.44. The molecule has 3 nitrogen and oxygen atoms in total. The molecule has 1 unspecified atom stereocenters. The second-order valence-corrected chi connectivity index (χ2v) is 7.64. The number of benzene rings is 1. The van der Waals surface area contributed by atoms with E-state index in [2.05, 4.69) is 36.5 Å². The topological polar surface area (TPSA) is 32.3 Å². The molecule has 1 aliphatic heterocycles. The summed E-state index contributed by atoms with van der Waals surface area (Å²) < 4.78 is 0.238. The van der Waals surface area contributed by atoms with Crippen LogP contribution in [0.1, 0.15) is 26.2 Å². The van der Waals surface area contributed by atoms with Crippen LogP contribution in [0.2, 0.25) is 0 Å². The van der Waals surface area contributed by atoms with Gasteiger partial charge < -0.3 is 10.2 Å². The third kappa shape index (κ3) is 3.29. The van der Waals surface area contributed by atoms with Crippen molar-refractivity contribution in [1.29, 1.82) is 0 Å². The van der Waals surface area contributed by atoms with Gasteiger partial charge in [0.25, 0.3) is 0 Å². The Labute approximate surface area is 125 Å². The first-order valence-electron chi connectivity index (χ1n) is 7.44. The van der Waals surface area contributed by atoms with E-state index in [1.54, 1.807) is 0 Å². The number of thioether (sulfide) groups is 1. The summed E-state index contributed by atoms with van der Waals surface area (Å²) in [5, 5.41) is 3.13. The molecule has 3 rings (SSSR count). The lowest BCUT2D eigenvalue weighted by molar-refractivity contribution is 0.207. The Balaban J connectivity index is 1.49. The Kier molecular flexibility index (Phi) is 3.92. The van der Waals surface area contributed by atoms with Crippen LogP contribution >= 0.6 is 11.8 Å². The summed E-state index contributed by atoms with van der Waals surface area (Å²) in [6.07, 6.45) is 3.53. The Bertz CT molecular complexity index is 473. The average molecular weight is 290 g/mol. The highest BCUT2D eigenvalue weighted by atomic mass is 32.2. The Morgan fingerprint density at radius 1 is 1.40 bits per heavy atom. The number of amides is 2. The summed E-state index contributed by atoms with van der Waals surface area (Å²) in [6.45, 7) is 4.81. The standard InChI is InChI=1S/C16H22N2OS/c1-13-7-10-18(11-13)15(19)17-12-16(8-9-16)20-14-5-3-2-4-6-14/h2-6,13H,7-12H2,1H3,(H,17,19). The van der Waals surface area contributed by atoms with Gasteiger partial charge in [-0.1, -0.05) is 25.1 Å². The van der Waals surface area contributed by atoms with E-state index in [0.29, 0.717) is 5.92 Å². The molecule has 1 N–H and O–H groups in total. The van der Waals surface area contributed by atoms with Crippen LogP contribution in [0.15, 0.2) is 35.2 Å². The van der Waals surface area contributed by atoms with Gasteiger partial charge in [-0.25, -0.2) is 4.79 Å². The minimum absolute atomic E-state index is 0.120. The lowest BCUT2D eigenvalue weighted by atomic mass is 10.2. The van der Waals surface area contributed by atoms with E-state index < -0.39 is 0 Å². The molecule has 1 aliphatic carbocycles. The maximum atomic E-state index is 12.1. The first-order valence-corrected chi connectivity index (χ1v) is 8.25. The SMILES string of the molecule is CC1CCN(C(=O)NCC2(Sc3ccccc3)CC2)C1. The predicted octanol–water partition coefficient (Wildman–Crippen LogP) is 3.36. The number of carbonyl (C=O) groups excluding carboxylic acids is 1. The fourth-order valence-corrected chi connectivity index (χ4v) is 3.90. The fourth-order valence-electron chi connectivity index (χ4n) is 2.66. The molecule has 0 aromatic heterocycles. The molecular weight excluding hydrogens is 268 g/mol. The number of hydrogen-bond acceptors (Lipinski definition) is 2. The van der Waals surface area contributed by atoms with Gasteiger partial charge in [0.05, 0.1) is 0 Å². The summed E-state index contributed by atoms with van der Waals surface area (Å²) in [4.78, 5) is 15.4. The predicted molar refractivity (Wildman–Crippen MR) is 83.0 cm³/mol. The molecule has 2 fully saturated rings. The zero-order chi connectivity index (χ0) is 14.0. The number of urea groups is 1. The number of rotatable bonds is 4. The van der Waals surface area contributed by atoms with E-state index in [4.69, 9.17) is 0 Å². The number of nitrogens with one attached hydrogen (secondary N) is 1. The lowest BCUT2D eigenvalue weighted by Gasteiger charge is -2.20. The summed E-state index contributed by atoms with van der Waals surface area (Å²) in [7, 11) is 0. The van der Waals surface area contributed by atoms with Crippen LogP contribution in [0.3, 0.4) is 0 Å². The van der Waals surface area contributed by atoms with Gasteiger partial charge in [-0.05, 0) is 37.3 Å². The van der Waals surface area contributed by atoms with Gasteiger partial charge in [-0.3, -0.25) is 0 Å². The molecule has 1 saturated carbocycles. The number of carbonyl (C=O) groups is 1. The van der Waals surface area contributed by atoms with Gasteiger partial charge in [-0.2, -0.15) is 0 Å². The minimum Gasteiger partial charge on any atom is -0.337 e. The molecule has 1 heterocycles. The van der Waals surface area contributed by atoms with E-state index >= 15 is 0 Å². The summed E-state index contributed by atoms with van der Waals surface area (Å²) in [6, 6.07) is 10.6. The van der Waals surface area contributed by atoms with Crippen LogP contribution < -0.4 is 5.32 Å². The van der Waals surface area contributed by atoms with E-state index in [0.717, 1.165) is 26.1 Å². The molecule has 1 aromatic carbocycles. The second kappa shape index (κ2) is 5.68. The van der Waals surface area contributed by atoms with Crippen molar-refractivity contribution in [1.82, 2.24) is 10.2 Å². The summed E-state index contributed by atoms with van der Waals surface area (Å²) >= 11 is 1.91. The smallest absolute Gasteiger partial charge is 0.317 e. The Morgan fingerprint density at radius 3 is 2.75 bits per heavy atom. The average Bonchev–Trinajstić information content (AvgIpc) is 3.08. The van der Waals surface area contributed by atoms with Crippen LogP contribution in [0, 0.1) is 5.92 Å². The maximum Gasteiger partial charge on any atom is 0.317 e. The van der Waals surface area contributed by atoms with Crippen LogP contribution in [0.25, 0.3) is 0 Å². The van der Waals surface area contributed by atoms with Crippen molar-refractivity contribution < 1.29 is 4.79 Å². The van der Waals surface area contributed by atoms with E-state index in [9.17, 15) is 4.79 Å². The van der Waals surface area contributed by atoms with Crippen LogP contribution in [0.4, 0.5) is 4.79 Å². The van der Waals surface area contributed by atoms with E-state index in [1.807, 2.05) is 22.7 Å². The number of hydrogen-bond donors (Lipinski definition) is 1. The van der Waals surface area contributed by atoms with Crippen LogP contribution in [-0.2, 0) is 0 Å². The van der Waals surface area contributed by atoms with E-state index in [1.165, 1.54) is 17.7 Å². The molecule has 2 aliphatic rings. The normalized spacial score (nSPS) is 23.6. The summed E-state index contributed by atoms with van der Waals surface area (Å²) in [5.41, 5.74) is 0. The molecule has 4 heteroatoms. The van der Waals surface area contributed by atoms with E-state index in [-0.39, 0.29) is 10.8 Å². The second-order valence-electron chi connectivity index (χ2n) is 6.10. The molecule has 1 saturated heterocycles. The van der Waals surface area contributed by atoms with Crippen molar-refractivity contribution in [3.63, 3.8) is 0 Å². The quantitative estimate of drug-likeness (QED) is 0.922. The van der Waals surface area contributed by atoms with Gasteiger partial charge in [0.15, 0.2) is 0 Å². The van der Waals surface area contributed by atoms with Crippen molar-refractivity contribution >= 4 is 17.8 Å². The first kappa shape index (κ1) is 13.8. The molecule has 2 amide bonds. The lowest BCUT2D eigenvalue weighted by Crippen LogP contribution is -2.41. The minimum atomic E-state index is 0.120. The van der Waals surface area contributed by atoms with Crippen molar-refractivity contribution in [2.75, 3.05) is 19.6 Å². The van der Waals surface area contributed by atoms with Gasteiger partial charge in [0.1, 0.15) is 0 Å². The molecular formula is C16H22N2OS. The van der Waals surface area contributed by atoms with Gasteiger partial charge >= 0.3 is 6.03 Å². The van der Waals surface area contributed by atoms with Crippen molar-refractivity contribution in [2.45, 2.75) is 35.8 Å². The molecule has 1 atom stereocenters. The first-order chi connectivity index (χ1) is 9.67.